The molecule has 0 unspecified atom stereocenters. The van der Waals surface area contributed by atoms with E-state index in [1.165, 1.54) is 42.4 Å². The molecule has 1 nitrogen and oxygen atoms in total. The van der Waals surface area contributed by atoms with Crippen molar-refractivity contribution in [3.63, 3.8) is 0 Å². The summed E-state index contributed by atoms with van der Waals surface area (Å²) >= 11 is 0. The number of nitrogens with zero attached hydrogens (tertiary/aromatic N) is 1. The van der Waals surface area contributed by atoms with Gasteiger partial charge in [0.05, 0.1) is 11.6 Å². The van der Waals surface area contributed by atoms with Gasteiger partial charge in [-0.25, -0.2) is 0 Å². The van der Waals surface area contributed by atoms with Crippen LogP contribution in [0.2, 0.25) is 0 Å². The number of rotatable bonds is 2. The molecular weight excluding hydrogens is 194 g/mol. The zero-order valence-electron chi connectivity index (χ0n) is 10.2. The van der Waals surface area contributed by atoms with Gasteiger partial charge >= 0.3 is 0 Å². The molecule has 0 amide bonds. The van der Waals surface area contributed by atoms with Crippen LogP contribution >= 0.6 is 0 Å². The summed E-state index contributed by atoms with van der Waals surface area (Å²) in [6.45, 7) is 4.45. The van der Waals surface area contributed by atoms with Gasteiger partial charge in [-0.3, -0.25) is 0 Å². The fraction of sp³-hybridized carbons (Fsp3) is 0.533. The van der Waals surface area contributed by atoms with Crippen LogP contribution in [0, 0.1) is 17.2 Å². The summed E-state index contributed by atoms with van der Waals surface area (Å²) in [5.74, 6) is 0.625. The molecule has 1 aromatic carbocycles. The molecule has 2 rings (SSSR count). The molecule has 1 aliphatic carbocycles. The first kappa shape index (κ1) is 11.2. The first-order valence-corrected chi connectivity index (χ1v) is 6.26. The maximum atomic E-state index is 9.18. The molecule has 0 aliphatic heterocycles. The average Bonchev–Trinajstić information content (AvgIpc) is 2.29. The fourth-order valence-electron chi connectivity index (χ4n) is 2.65. The second-order valence-corrected chi connectivity index (χ2v) is 5.15. The first-order chi connectivity index (χ1) is 7.72. The van der Waals surface area contributed by atoms with Crippen molar-refractivity contribution in [2.75, 3.05) is 0 Å². The first-order valence-electron chi connectivity index (χ1n) is 6.26. The van der Waals surface area contributed by atoms with Crippen molar-refractivity contribution < 1.29 is 0 Å². The molecule has 0 fully saturated rings. The van der Waals surface area contributed by atoms with Crippen LogP contribution < -0.4 is 0 Å². The molecule has 1 heteroatoms. The summed E-state index contributed by atoms with van der Waals surface area (Å²) in [7, 11) is 0. The molecule has 0 radical (unpaired) electrons. The largest absolute Gasteiger partial charge is 0.192 e. The number of aryl methyl sites for hydroxylation is 1. The molecule has 0 aromatic heterocycles. The maximum Gasteiger partial charge on any atom is 0.0994 e. The minimum atomic E-state index is 0.625. The van der Waals surface area contributed by atoms with Crippen LogP contribution in [0.5, 0.6) is 0 Å². The highest BCUT2D eigenvalue weighted by molar-refractivity contribution is 5.48. The molecule has 0 saturated carbocycles. The highest BCUT2D eigenvalue weighted by Crippen LogP contribution is 2.28. The summed E-state index contributed by atoms with van der Waals surface area (Å²) in [5, 5.41) is 9.18. The summed E-state index contributed by atoms with van der Waals surface area (Å²) in [4.78, 5) is 0. The summed E-state index contributed by atoms with van der Waals surface area (Å²) in [5.41, 5.74) is 5.20. The number of hydrogen-bond acceptors (Lipinski definition) is 1. The minimum Gasteiger partial charge on any atom is -0.192 e. The number of hydrogen-bond donors (Lipinski definition) is 0. The number of fused-ring (bicyclic) bond motifs is 1. The van der Waals surface area contributed by atoms with E-state index >= 15 is 0 Å². The summed E-state index contributed by atoms with van der Waals surface area (Å²) < 4.78 is 0. The van der Waals surface area contributed by atoms with Gasteiger partial charge < -0.3 is 0 Å². The normalized spacial score (nSPS) is 14.6. The molecule has 0 saturated heterocycles. The van der Waals surface area contributed by atoms with E-state index in [0.717, 1.165) is 12.0 Å². The van der Waals surface area contributed by atoms with Crippen molar-refractivity contribution >= 4 is 0 Å². The summed E-state index contributed by atoms with van der Waals surface area (Å²) in [6.07, 6.45) is 6.01. The van der Waals surface area contributed by atoms with E-state index in [2.05, 4.69) is 26.0 Å². The summed E-state index contributed by atoms with van der Waals surface area (Å²) in [6, 6.07) is 6.53. The number of nitriles is 1. The quantitative estimate of drug-likeness (QED) is 0.736. The molecule has 16 heavy (non-hydrogen) atoms. The Balaban J connectivity index is 2.48. The molecule has 1 aliphatic rings. The smallest absolute Gasteiger partial charge is 0.0994 e. The zero-order valence-corrected chi connectivity index (χ0v) is 10.2. The third-order valence-corrected chi connectivity index (χ3v) is 3.38. The Morgan fingerprint density at radius 1 is 1.25 bits per heavy atom. The predicted octanol–water partition coefficient (Wildman–Crippen LogP) is 3.64. The molecule has 84 valence electrons. The van der Waals surface area contributed by atoms with Crippen LogP contribution in [-0.4, -0.2) is 0 Å². The predicted molar refractivity (Wildman–Crippen MR) is 66.3 cm³/mol. The van der Waals surface area contributed by atoms with Crippen LogP contribution in [0.25, 0.3) is 0 Å². The Labute approximate surface area is 98.1 Å². The van der Waals surface area contributed by atoms with Crippen LogP contribution in [0.1, 0.15) is 48.9 Å². The van der Waals surface area contributed by atoms with Gasteiger partial charge in [0.2, 0.25) is 0 Å². The van der Waals surface area contributed by atoms with E-state index in [0.29, 0.717) is 5.92 Å². The number of benzene rings is 1. The minimum absolute atomic E-state index is 0.625. The Kier molecular flexibility index (Phi) is 3.29. The van der Waals surface area contributed by atoms with Gasteiger partial charge in [-0.15, -0.1) is 0 Å². The Morgan fingerprint density at radius 2 is 2.00 bits per heavy atom. The highest BCUT2D eigenvalue weighted by Gasteiger charge is 2.16. The van der Waals surface area contributed by atoms with Crippen LogP contribution in [0.15, 0.2) is 12.1 Å². The van der Waals surface area contributed by atoms with Crippen molar-refractivity contribution in [2.24, 2.45) is 5.92 Å². The molecule has 0 heterocycles. The van der Waals surface area contributed by atoms with Gasteiger partial charge in [0.25, 0.3) is 0 Å². The average molecular weight is 213 g/mol. The Bertz CT molecular complexity index is 424. The Hall–Kier alpha value is -1.29. The van der Waals surface area contributed by atoms with Crippen molar-refractivity contribution in [3.8, 4) is 6.07 Å². The van der Waals surface area contributed by atoms with Gasteiger partial charge in [0, 0.05) is 0 Å². The van der Waals surface area contributed by atoms with Crippen molar-refractivity contribution in [1.82, 2.24) is 0 Å². The van der Waals surface area contributed by atoms with Gasteiger partial charge in [0.15, 0.2) is 0 Å². The van der Waals surface area contributed by atoms with Gasteiger partial charge in [0.1, 0.15) is 0 Å². The molecular formula is C15H19N. The van der Waals surface area contributed by atoms with Crippen LogP contribution in [0.3, 0.4) is 0 Å². The second-order valence-electron chi connectivity index (χ2n) is 5.15. The topological polar surface area (TPSA) is 23.8 Å². The molecule has 0 atom stereocenters. The van der Waals surface area contributed by atoms with Crippen molar-refractivity contribution in [2.45, 2.75) is 46.0 Å². The van der Waals surface area contributed by atoms with E-state index in [4.69, 9.17) is 0 Å². The standard InChI is InChI=1S/C15H19N/c1-11(2)9-15-13(10-16)8-7-12-5-3-4-6-14(12)15/h7-8,11H,3-6,9H2,1-2H3. The van der Waals surface area contributed by atoms with Crippen LogP contribution in [-0.2, 0) is 19.3 Å². The Morgan fingerprint density at radius 3 is 2.69 bits per heavy atom. The van der Waals surface area contributed by atoms with E-state index < -0.39 is 0 Å². The monoisotopic (exact) mass is 213 g/mol. The van der Waals surface area contributed by atoms with Gasteiger partial charge in [-0.2, -0.15) is 5.26 Å². The van der Waals surface area contributed by atoms with Gasteiger partial charge in [-0.05, 0) is 60.8 Å². The molecule has 1 aromatic rings. The van der Waals surface area contributed by atoms with E-state index in [9.17, 15) is 5.26 Å². The molecule has 0 bridgehead atoms. The highest BCUT2D eigenvalue weighted by atomic mass is 14.3. The van der Waals surface area contributed by atoms with E-state index in [-0.39, 0.29) is 0 Å². The van der Waals surface area contributed by atoms with E-state index in [1.54, 1.807) is 0 Å². The lowest BCUT2D eigenvalue weighted by Crippen LogP contribution is -2.10. The second kappa shape index (κ2) is 4.70. The third-order valence-electron chi connectivity index (χ3n) is 3.38. The van der Waals surface area contributed by atoms with Crippen molar-refractivity contribution in [3.05, 3.63) is 34.4 Å². The van der Waals surface area contributed by atoms with Crippen molar-refractivity contribution in [1.29, 1.82) is 5.26 Å². The fourth-order valence-corrected chi connectivity index (χ4v) is 2.65. The van der Waals surface area contributed by atoms with Crippen LogP contribution in [0.4, 0.5) is 0 Å². The SMILES string of the molecule is CC(C)Cc1c(C#N)ccc2c1CCCC2. The lowest BCUT2D eigenvalue weighted by atomic mass is 9.83. The maximum absolute atomic E-state index is 9.18. The molecule has 0 spiro atoms. The molecule has 0 N–H and O–H groups in total. The third kappa shape index (κ3) is 2.11. The van der Waals surface area contributed by atoms with E-state index in [1.807, 2.05) is 6.07 Å². The lowest BCUT2D eigenvalue weighted by Gasteiger charge is -2.21. The lowest BCUT2D eigenvalue weighted by molar-refractivity contribution is 0.624. The zero-order chi connectivity index (χ0) is 11.5. The van der Waals surface area contributed by atoms with Gasteiger partial charge in [-0.1, -0.05) is 19.9 Å².